The van der Waals surface area contributed by atoms with Crippen LogP contribution in [0.5, 0.6) is 17.4 Å². The molecule has 0 radical (unpaired) electrons. The Morgan fingerprint density at radius 1 is 1.40 bits per heavy atom. The van der Waals surface area contributed by atoms with Gasteiger partial charge in [-0.15, -0.1) is 0 Å². The van der Waals surface area contributed by atoms with Crippen LogP contribution in [0.15, 0.2) is 34.9 Å². The molecule has 0 fully saturated rings. The van der Waals surface area contributed by atoms with Gasteiger partial charge in [-0.05, 0) is 28.1 Å². The number of nitrogens with zero attached hydrogens (tertiary/aromatic N) is 2. The first-order chi connectivity index (χ1) is 9.51. The van der Waals surface area contributed by atoms with E-state index in [1.165, 1.54) is 31.5 Å². The van der Waals surface area contributed by atoms with Crippen LogP contribution in [0.4, 0.5) is 5.69 Å². The third-order valence-electron chi connectivity index (χ3n) is 2.34. The minimum Gasteiger partial charge on any atom is -0.497 e. The molecular formula is C12H8BrClN2O4. The van der Waals surface area contributed by atoms with Gasteiger partial charge in [0.05, 0.1) is 21.5 Å². The standard InChI is InChI=1S/C12H8BrClN2O4/c1-19-8-2-3-10(16(17)18)11(5-8)20-12-9(13)4-7(14)6-15-12/h2-6H,1H3. The van der Waals surface area contributed by atoms with Crippen LogP contribution in [0.3, 0.4) is 0 Å². The van der Waals surface area contributed by atoms with Crippen LogP contribution in [0.2, 0.25) is 5.02 Å². The zero-order valence-corrected chi connectivity index (χ0v) is 12.5. The Morgan fingerprint density at radius 3 is 2.75 bits per heavy atom. The second-order valence-electron chi connectivity index (χ2n) is 3.63. The zero-order valence-electron chi connectivity index (χ0n) is 10.2. The first kappa shape index (κ1) is 14.5. The molecule has 8 heteroatoms. The van der Waals surface area contributed by atoms with E-state index >= 15 is 0 Å². The van der Waals surface area contributed by atoms with Crippen LogP contribution in [-0.4, -0.2) is 17.0 Å². The van der Waals surface area contributed by atoms with Gasteiger partial charge in [-0.25, -0.2) is 4.98 Å². The van der Waals surface area contributed by atoms with Crippen LogP contribution in [0.1, 0.15) is 0 Å². The number of halogens is 2. The Balaban J connectivity index is 2.43. The largest absolute Gasteiger partial charge is 0.497 e. The van der Waals surface area contributed by atoms with Crippen molar-refractivity contribution in [3.63, 3.8) is 0 Å². The van der Waals surface area contributed by atoms with Gasteiger partial charge in [-0.2, -0.15) is 0 Å². The summed E-state index contributed by atoms with van der Waals surface area (Å²) in [5.41, 5.74) is -0.186. The molecule has 1 heterocycles. The van der Waals surface area contributed by atoms with Gasteiger partial charge in [0.1, 0.15) is 5.75 Å². The number of rotatable bonds is 4. The predicted octanol–water partition coefficient (Wildman–Crippen LogP) is 4.21. The minimum atomic E-state index is -0.543. The number of nitro benzene ring substituents is 1. The molecule has 0 aliphatic carbocycles. The fourth-order valence-corrected chi connectivity index (χ4v) is 2.15. The van der Waals surface area contributed by atoms with Crippen molar-refractivity contribution in [1.82, 2.24) is 4.98 Å². The number of benzene rings is 1. The molecule has 0 aliphatic rings. The van der Waals surface area contributed by atoms with E-state index < -0.39 is 4.92 Å². The summed E-state index contributed by atoms with van der Waals surface area (Å²) in [6.45, 7) is 0. The van der Waals surface area contributed by atoms with E-state index in [0.29, 0.717) is 15.2 Å². The molecule has 20 heavy (non-hydrogen) atoms. The third-order valence-corrected chi connectivity index (χ3v) is 3.12. The highest BCUT2D eigenvalue weighted by Gasteiger charge is 2.18. The Hall–Kier alpha value is -1.86. The van der Waals surface area contributed by atoms with Crippen LogP contribution in [-0.2, 0) is 0 Å². The van der Waals surface area contributed by atoms with E-state index in [1.807, 2.05) is 0 Å². The monoisotopic (exact) mass is 358 g/mol. The average Bonchev–Trinajstić information content (AvgIpc) is 2.41. The maximum Gasteiger partial charge on any atom is 0.311 e. The Bertz CT molecular complexity index is 666. The quantitative estimate of drug-likeness (QED) is 0.604. The van der Waals surface area contributed by atoms with Gasteiger partial charge in [0.2, 0.25) is 11.6 Å². The number of hydrogen-bond donors (Lipinski definition) is 0. The number of pyridine rings is 1. The van der Waals surface area contributed by atoms with Crippen molar-refractivity contribution < 1.29 is 14.4 Å². The van der Waals surface area contributed by atoms with Crippen LogP contribution >= 0.6 is 27.5 Å². The summed E-state index contributed by atoms with van der Waals surface area (Å²) >= 11 is 9.00. The van der Waals surface area contributed by atoms with Crippen LogP contribution < -0.4 is 9.47 Å². The second-order valence-corrected chi connectivity index (χ2v) is 4.92. The van der Waals surface area contributed by atoms with Crippen molar-refractivity contribution in [3.8, 4) is 17.4 Å². The summed E-state index contributed by atoms with van der Waals surface area (Å²) in [5, 5.41) is 11.4. The lowest BCUT2D eigenvalue weighted by molar-refractivity contribution is -0.385. The third kappa shape index (κ3) is 3.17. The lowest BCUT2D eigenvalue weighted by Crippen LogP contribution is -1.96. The summed E-state index contributed by atoms with van der Waals surface area (Å²) in [5.74, 6) is 0.645. The van der Waals surface area contributed by atoms with Gasteiger partial charge in [0.25, 0.3) is 0 Å². The molecule has 0 aliphatic heterocycles. The topological polar surface area (TPSA) is 74.5 Å². The Morgan fingerprint density at radius 2 is 2.15 bits per heavy atom. The van der Waals surface area contributed by atoms with Gasteiger partial charge in [0.15, 0.2) is 0 Å². The van der Waals surface area contributed by atoms with E-state index in [-0.39, 0.29) is 17.3 Å². The van der Waals surface area contributed by atoms with E-state index in [2.05, 4.69) is 20.9 Å². The highest BCUT2D eigenvalue weighted by Crippen LogP contribution is 2.36. The maximum absolute atomic E-state index is 11.0. The Labute approximate surface area is 127 Å². The molecule has 104 valence electrons. The first-order valence-corrected chi connectivity index (χ1v) is 6.49. The van der Waals surface area contributed by atoms with Gasteiger partial charge >= 0.3 is 5.69 Å². The van der Waals surface area contributed by atoms with E-state index in [4.69, 9.17) is 21.1 Å². The number of methoxy groups -OCH3 is 1. The van der Waals surface area contributed by atoms with Gasteiger partial charge in [0, 0.05) is 18.3 Å². The number of aromatic nitrogens is 1. The number of hydrogen-bond acceptors (Lipinski definition) is 5. The zero-order chi connectivity index (χ0) is 14.7. The lowest BCUT2D eigenvalue weighted by atomic mass is 10.3. The highest BCUT2D eigenvalue weighted by atomic mass is 79.9. The summed E-state index contributed by atoms with van der Waals surface area (Å²) in [7, 11) is 1.46. The van der Waals surface area contributed by atoms with Crippen LogP contribution in [0, 0.1) is 10.1 Å². The highest BCUT2D eigenvalue weighted by molar-refractivity contribution is 9.10. The van der Waals surface area contributed by atoms with E-state index in [0.717, 1.165) is 0 Å². The van der Waals surface area contributed by atoms with E-state index in [1.54, 1.807) is 6.07 Å². The number of ether oxygens (including phenoxy) is 2. The van der Waals surface area contributed by atoms with Crippen molar-refractivity contribution in [1.29, 1.82) is 0 Å². The first-order valence-electron chi connectivity index (χ1n) is 5.32. The summed E-state index contributed by atoms with van der Waals surface area (Å²) in [6, 6.07) is 5.78. The molecule has 0 saturated heterocycles. The fourth-order valence-electron chi connectivity index (χ4n) is 1.44. The Kier molecular flexibility index (Phi) is 4.41. The van der Waals surface area contributed by atoms with Crippen molar-refractivity contribution in [2.75, 3.05) is 7.11 Å². The van der Waals surface area contributed by atoms with Crippen molar-refractivity contribution >= 4 is 33.2 Å². The molecule has 1 aromatic heterocycles. The molecule has 0 spiro atoms. The van der Waals surface area contributed by atoms with Crippen molar-refractivity contribution in [2.24, 2.45) is 0 Å². The normalized spacial score (nSPS) is 10.2. The SMILES string of the molecule is COc1ccc([N+](=O)[O-])c(Oc2ncc(Cl)cc2Br)c1. The molecule has 1 aromatic carbocycles. The molecule has 2 aromatic rings. The molecule has 0 atom stereocenters. The molecule has 0 amide bonds. The molecule has 0 saturated carbocycles. The molecule has 2 rings (SSSR count). The smallest absolute Gasteiger partial charge is 0.311 e. The lowest BCUT2D eigenvalue weighted by Gasteiger charge is -2.08. The predicted molar refractivity (Wildman–Crippen MR) is 76.7 cm³/mol. The summed E-state index contributed by atoms with van der Waals surface area (Å²) in [6.07, 6.45) is 1.38. The minimum absolute atomic E-state index is 0.0323. The molecular weight excluding hydrogens is 351 g/mol. The van der Waals surface area contributed by atoms with E-state index in [9.17, 15) is 10.1 Å². The molecule has 0 unspecified atom stereocenters. The maximum atomic E-state index is 11.0. The fraction of sp³-hybridized carbons (Fsp3) is 0.0833. The van der Waals surface area contributed by atoms with Crippen molar-refractivity contribution in [2.45, 2.75) is 0 Å². The number of nitro groups is 1. The summed E-state index contributed by atoms with van der Waals surface area (Å²) < 4.78 is 11.0. The van der Waals surface area contributed by atoms with Gasteiger partial charge in [-0.1, -0.05) is 11.6 Å². The molecule has 0 bridgehead atoms. The van der Waals surface area contributed by atoms with Gasteiger partial charge < -0.3 is 9.47 Å². The van der Waals surface area contributed by atoms with Crippen molar-refractivity contribution in [3.05, 3.63) is 50.1 Å². The second kappa shape index (κ2) is 6.06. The molecule has 6 nitrogen and oxygen atoms in total. The summed E-state index contributed by atoms with van der Waals surface area (Å²) in [4.78, 5) is 14.4. The molecule has 0 N–H and O–H groups in total. The van der Waals surface area contributed by atoms with Crippen LogP contribution in [0.25, 0.3) is 0 Å². The van der Waals surface area contributed by atoms with Gasteiger partial charge in [-0.3, -0.25) is 10.1 Å². The average molecular weight is 360 g/mol.